The van der Waals surface area contributed by atoms with Crippen molar-refractivity contribution in [3.05, 3.63) is 12.7 Å². The molecule has 0 aliphatic heterocycles. The Hall–Kier alpha value is -0.300. The number of allylic oxidation sites excluding steroid dienone is 1. The number of nitrogens with one attached hydrogen (secondary N) is 1. The molecule has 15 heavy (non-hydrogen) atoms. The van der Waals surface area contributed by atoms with Gasteiger partial charge in [-0.15, -0.1) is 6.58 Å². The van der Waals surface area contributed by atoms with Crippen molar-refractivity contribution in [2.45, 2.75) is 57.8 Å². The molecular weight excluding hydrogens is 182 g/mol. The lowest BCUT2D eigenvalue weighted by atomic mass is 9.89. The Labute approximate surface area is 95.3 Å². The van der Waals surface area contributed by atoms with Crippen LogP contribution in [0.5, 0.6) is 0 Å². The van der Waals surface area contributed by atoms with Crippen molar-refractivity contribution in [1.29, 1.82) is 0 Å². The van der Waals surface area contributed by atoms with Crippen molar-refractivity contribution in [3.63, 3.8) is 0 Å². The summed E-state index contributed by atoms with van der Waals surface area (Å²) in [6, 6.07) is 0. The zero-order valence-corrected chi connectivity index (χ0v) is 10.1. The van der Waals surface area contributed by atoms with E-state index < -0.39 is 0 Å². The van der Waals surface area contributed by atoms with Crippen LogP contribution in [-0.4, -0.2) is 13.1 Å². The van der Waals surface area contributed by atoms with E-state index in [0.717, 1.165) is 5.92 Å². The lowest BCUT2D eigenvalue weighted by molar-refractivity contribution is 0.341. The Morgan fingerprint density at radius 1 is 1.07 bits per heavy atom. The minimum atomic E-state index is 0.979. The first kappa shape index (κ1) is 12.8. The maximum absolute atomic E-state index is 3.74. The highest BCUT2D eigenvalue weighted by atomic mass is 14.9. The van der Waals surface area contributed by atoms with Crippen LogP contribution in [0, 0.1) is 5.92 Å². The summed E-state index contributed by atoms with van der Waals surface area (Å²) >= 11 is 0. The zero-order valence-electron chi connectivity index (χ0n) is 10.1. The molecule has 0 atom stereocenters. The van der Waals surface area contributed by atoms with Gasteiger partial charge in [0.05, 0.1) is 0 Å². The van der Waals surface area contributed by atoms with E-state index >= 15 is 0 Å². The molecule has 0 aromatic rings. The van der Waals surface area contributed by atoms with E-state index in [4.69, 9.17) is 0 Å². The summed E-state index contributed by atoms with van der Waals surface area (Å²) in [6.07, 6.45) is 14.5. The fraction of sp³-hybridized carbons (Fsp3) is 0.857. The van der Waals surface area contributed by atoms with Crippen LogP contribution in [0.1, 0.15) is 57.8 Å². The average Bonchev–Trinajstić information content (AvgIpc) is 2.29. The summed E-state index contributed by atoms with van der Waals surface area (Å²) in [5.41, 5.74) is 0. The van der Waals surface area contributed by atoms with Gasteiger partial charge in [0.15, 0.2) is 0 Å². The fourth-order valence-corrected chi connectivity index (χ4v) is 2.41. The van der Waals surface area contributed by atoms with Crippen LogP contribution in [0.2, 0.25) is 0 Å². The van der Waals surface area contributed by atoms with Gasteiger partial charge < -0.3 is 5.32 Å². The highest BCUT2D eigenvalue weighted by Gasteiger charge is 2.11. The second-order valence-corrected chi connectivity index (χ2v) is 4.85. The van der Waals surface area contributed by atoms with Gasteiger partial charge in [-0.1, -0.05) is 31.8 Å². The third-order valence-corrected chi connectivity index (χ3v) is 3.42. The molecule has 1 N–H and O–H groups in total. The van der Waals surface area contributed by atoms with Crippen molar-refractivity contribution in [3.8, 4) is 0 Å². The predicted molar refractivity (Wildman–Crippen MR) is 68.1 cm³/mol. The quantitative estimate of drug-likeness (QED) is 0.472. The van der Waals surface area contributed by atoms with E-state index in [1.54, 1.807) is 0 Å². The molecule has 0 heterocycles. The Balaban J connectivity index is 1.81. The van der Waals surface area contributed by atoms with E-state index in [-0.39, 0.29) is 0 Å². The van der Waals surface area contributed by atoms with Crippen molar-refractivity contribution in [2.75, 3.05) is 13.1 Å². The van der Waals surface area contributed by atoms with Gasteiger partial charge in [-0.2, -0.15) is 0 Å². The standard InChI is InChI=1S/C14H27N/c1-2-3-4-5-9-12-15-13-14-10-7-6-8-11-14/h2,14-15H,1,3-13H2. The second-order valence-electron chi connectivity index (χ2n) is 4.85. The van der Waals surface area contributed by atoms with Gasteiger partial charge in [0.1, 0.15) is 0 Å². The first-order chi connectivity index (χ1) is 7.43. The number of hydrogen-bond donors (Lipinski definition) is 1. The van der Waals surface area contributed by atoms with Crippen LogP contribution in [0.3, 0.4) is 0 Å². The highest BCUT2D eigenvalue weighted by Crippen LogP contribution is 2.22. The predicted octanol–water partition coefficient (Wildman–Crippen LogP) is 3.90. The average molecular weight is 209 g/mol. The van der Waals surface area contributed by atoms with E-state index in [1.807, 2.05) is 6.08 Å². The Morgan fingerprint density at radius 3 is 2.60 bits per heavy atom. The van der Waals surface area contributed by atoms with Crippen molar-refractivity contribution < 1.29 is 0 Å². The molecule has 0 aromatic carbocycles. The third-order valence-electron chi connectivity index (χ3n) is 3.42. The van der Waals surface area contributed by atoms with Gasteiger partial charge in [-0.3, -0.25) is 0 Å². The first-order valence-corrected chi connectivity index (χ1v) is 6.75. The van der Waals surface area contributed by atoms with Gasteiger partial charge in [0.25, 0.3) is 0 Å². The molecule has 88 valence electrons. The maximum Gasteiger partial charge on any atom is -0.00205 e. The summed E-state index contributed by atoms with van der Waals surface area (Å²) in [5, 5.41) is 3.61. The monoisotopic (exact) mass is 209 g/mol. The topological polar surface area (TPSA) is 12.0 Å². The van der Waals surface area contributed by atoms with Crippen molar-refractivity contribution in [1.82, 2.24) is 5.32 Å². The van der Waals surface area contributed by atoms with E-state index in [1.165, 1.54) is 70.9 Å². The molecule has 0 spiro atoms. The molecule has 0 amide bonds. The van der Waals surface area contributed by atoms with Crippen LogP contribution in [0.25, 0.3) is 0 Å². The van der Waals surface area contributed by atoms with Crippen LogP contribution in [0.4, 0.5) is 0 Å². The lowest BCUT2D eigenvalue weighted by Gasteiger charge is -2.21. The highest BCUT2D eigenvalue weighted by molar-refractivity contribution is 4.68. The number of rotatable bonds is 8. The second kappa shape index (κ2) is 8.96. The maximum atomic E-state index is 3.74. The smallest absolute Gasteiger partial charge is 0.00205 e. The molecule has 1 rings (SSSR count). The molecule has 0 radical (unpaired) electrons. The molecule has 0 bridgehead atoms. The molecule has 1 saturated carbocycles. The van der Waals surface area contributed by atoms with Crippen molar-refractivity contribution >= 4 is 0 Å². The number of unbranched alkanes of at least 4 members (excludes halogenated alkanes) is 3. The number of hydrogen-bond acceptors (Lipinski definition) is 1. The largest absolute Gasteiger partial charge is 0.316 e. The molecule has 1 heteroatoms. The molecule has 0 saturated heterocycles. The normalized spacial score (nSPS) is 17.9. The Morgan fingerprint density at radius 2 is 1.87 bits per heavy atom. The fourth-order valence-electron chi connectivity index (χ4n) is 2.41. The van der Waals surface area contributed by atoms with Gasteiger partial charge in [-0.25, -0.2) is 0 Å². The summed E-state index contributed by atoms with van der Waals surface area (Å²) in [6.45, 7) is 6.22. The van der Waals surface area contributed by atoms with Gasteiger partial charge in [-0.05, 0) is 51.1 Å². The first-order valence-electron chi connectivity index (χ1n) is 6.75. The van der Waals surface area contributed by atoms with Crippen LogP contribution in [-0.2, 0) is 0 Å². The van der Waals surface area contributed by atoms with Gasteiger partial charge in [0, 0.05) is 0 Å². The summed E-state index contributed by atoms with van der Waals surface area (Å²) in [7, 11) is 0. The summed E-state index contributed by atoms with van der Waals surface area (Å²) in [5.74, 6) is 0.979. The molecule has 0 aromatic heterocycles. The van der Waals surface area contributed by atoms with E-state index in [0.29, 0.717) is 0 Å². The molecule has 1 nitrogen and oxygen atoms in total. The Bertz CT molecular complexity index is 147. The molecule has 0 unspecified atom stereocenters. The lowest BCUT2D eigenvalue weighted by Crippen LogP contribution is -2.25. The Kier molecular flexibility index (Phi) is 7.63. The zero-order chi connectivity index (χ0) is 10.8. The van der Waals surface area contributed by atoms with E-state index in [2.05, 4.69) is 11.9 Å². The third kappa shape index (κ3) is 6.72. The molecule has 1 fully saturated rings. The van der Waals surface area contributed by atoms with Gasteiger partial charge >= 0.3 is 0 Å². The summed E-state index contributed by atoms with van der Waals surface area (Å²) in [4.78, 5) is 0. The minimum absolute atomic E-state index is 0.979. The molecular formula is C14H27N. The van der Waals surface area contributed by atoms with Crippen molar-refractivity contribution in [2.24, 2.45) is 5.92 Å². The van der Waals surface area contributed by atoms with Crippen LogP contribution in [0.15, 0.2) is 12.7 Å². The molecule has 1 aliphatic rings. The summed E-state index contributed by atoms with van der Waals surface area (Å²) < 4.78 is 0. The van der Waals surface area contributed by atoms with Crippen LogP contribution < -0.4 is 5.32 Å². The van der Waals surface area contributed by atoms with E-state index in [9.17, 15) is 0 Å². The van der Waals surface area contributed by atoms with Crippen LogP contribution >= 0.6 is 0 Å². The minimum Gasteiger partial charge on any atom is -0.316 e. The van der Waals surface area contributed by atoms with Gasteiger partial charge in [0.2, 0.25) is 0 Å². The SMILES string of the molecule is C=CCCCCCNCC1CCCCC1. The molecule has 1 aliphatic carbocycles.